The Labute approximate surface area is 72.0 Å². The zero-order valence-corrected chi connectivity index (χ0v) is 6.90. The fraction of sp³-hybridized carbons (Fsp3) is 0.333. The first-order chi connectivity index (χ1) is 5.77. The summed E-state index contributed by atoms with van der Waals surface area (Å²) >= 11 is 0. The topological polar surface area (TPSA) is 72.3 Å². The molecule has 0 aliphatic heterocycles. The van der Waals surface area contributed by atoms with Crippen LogP contribution in [0.5, 0.6) is 5.75 Å². The summed E-state index contributed by atoms with van der Waals surface area (Å²) in [5.74, 6) is 0.413. The lowest BCUT2D eigenvalue weighted by Crippen LogP contribution is -2.20. The molecule has 1 rings (SSSR count). The largest absolute Gasteiger partial charge is 0.508 e. The third-order valence-electron chi connectivity index (χ3n) is 1.91. The second-order valence-corrected chi connectivity index (χ2v) is 2.76. The molecule has 3 nitrogen and oxygen atoms in total. The van der Waals surface area contributed by atoms with Crippen LogP contribution in [0, 0.1) is 0 Å². The number of benzene rings is 1. The first-order valence-electron chi connectivity index (χ1n) is 3.97. The highest BCUT2D eigenvalue weighted by Gasteiger charge is 2.06. The van der Waals surface area contributed by atoms with Gasteiger partial charge in [-0.05, 0) is 17.7 Å². The van der Waals surface area contributed by atoms with Crippen molar-refractivity contribution in [1.29, 1.82) is 0 Å². The van der Waals surface area contributed by atoms with Gasteiger partial charge in [-0.2, -0.15) is 0 Å². The van der Waals surface area contributed by atoms with Crippen LogP contribution in [0.2, 0.25) is 0 Å². The highest BCUT2D eigenvalue weighted by molar-refractivity contribution is 5.30. The van der Waals surface area contributed by atoms with Gasteiger partial charge in [0.25, 0.3) is 0 Å². The van der Waals surface area contributed by atoms with Gasteiger partial charge in [0, 0.05) is 19.0 Å². The maximum absolute atomic E-state index is 9.17. The van der Waals surface area contributed by atoms with E-state index in [0.29, 0.717) is 13.1 Å². The number of rotatable bonds is 3. The fourth-order valence-electron chi connectivity index (χ4n) is 1.15. The van der Waals surface area contributed by atoms with Crippen LogP contribution in [-0.2, 0) is 0 Å². The smallest absolute Gasteiger partial charge is 0.115 e. The van der Waals surface area contributed by atoms with Crippen molar-refractivity contribution in [2.75, 3.05) is 13.1 Å². The number of aromatic hydroxyl groups is 1. The lowest BCUT2D eigenvalue weighted by Gasteiger charge is -2.11. The van der Waals surface area contributed by atoms with Crippen molar-refractivity contribution in [3.63, 3.8) is 0 Å². The molecular weight excluding hydrogens is 152 g/mol. The van der Waals surface area contributed by atoms with Crippen molar-refractivity contribution < 1.29 is 5.11 Å². The van der Waals surface area contributed by atoms with Gasteiger partial charge in [-0.3, -0.25) is 0 Å². The molecule has 0 spiro atoms. The molecule has 1 aromatic rings. The van der Waals surface area contributed by atoms with Crippen molar-refractivity contribution >= 4 is 0 Å². The molecule has 0 amide bonds. The molecule has 0 aliphatic carbocycles. The van der Waals surface area contributed by atoms with Crippen LogP contribution in [0.15, 0.2) is 24.3 Å². The Bertz CT molecular complexity index is 246. The van der Waals surface area contributed by atoms with E-state index in [4.69, 9.17) is 11.5 Å². The number of nitrogens with two attached hydrogens (primary N) is 2. The standard InChI is InChI=1S/C9H14N2O/c10-5-8(6-11)7-2-1-3-9(12)4-7/h1-4,8,12H,5-6,10-11H2. The minimum Gasteiger partial charge on any atom is -0.508 e. The minimum absolute atomic E-state index is 0.150. The fourth-order valence-corrected chi connectivity index (χ4v) is 1.15. The van der Waals surface area contributed by atoms with Crippen LogP contribution in [0.1, 0.15) is 11.5 Å². The van der Waals surface area contributed by atoms with Gasteiger partial charge in [0.1, 0.15) is 5.75 Å². The zero-order valence-electron chi connectivity index (χ0n) is 6.90. The Kier molecular flexibility index (Phi) is 3.08. The van der Waals surface area contributed by atoms with Gasteiger partial charge in [0.2, 0.25) is 0 Å². The summed E-state index contributed by atoms with van der Waals surface area (Å²) in [4.78, 5) is 0. The molecule has 0 bridgehead atoms. The van der Waals surface area contributed by atoms with E-state index in [1.165, 1.54) is 0 Å². The number of phenolic OH excluding ortho intramolecular Hbond substituents is 1. The van der Waals surface area contributed by atoms with Crippen LogP contribution in [0.3, 0.4) is 0 Å². The molecule has 0 saturated carbocycles. The summed E-state index contributed by atoms with van der Waals surface area (Å²) in [7, 11) is 0. The van der Waals surface area contributed by atoms with Gasteiger partial charge in [0.05, 0.1) is 0 Å². The maximum Gasteiger partial charge on any atom is 0.115 e. The summed E-state index contributed by atoms with van der Waals surface area (Å²) in [6.45, 7) is 1.03. The van der Waals surface area contributed by atoms with E-state index < -0.39 is 0 Å². The number of phenols is 1. The van der Waals surface area contributed by atoms with Crippen LogP contribution < -0.4 is 11.5 Å². The lowest BCUT2D eigenvalue weighted by molar-refractivity contribution is 0.473. The molecule has 0 radical (unpaired) electrons. The molecule has 0 atom stereocenters. The predicted molar refractivity (Wildman–Crippen MR) is 49.0 cm³/mol. The highest BCUT2D eigenvalue weighted by atomic mass is 16.3. The maximum atomic E-state index is 9.17. The summed E-state index contributed by atoms with van der Waals surface area (Å²) < 4.78 is 0. The second kappa shape index (κ2) is 4.09. The van der Waals surface area contributed by atoms with Crippen LogP contribution >= 0.6 is 0 Å². The Balaban J connectivity index is 2.85. The third-order valence-corrected chi connectivity index (χ3v) is 1.91. The van der Waals surface area contributed by atoms with Gasteiger partial charge in [-0.1, -0.05) is 12.1 Å². The van der Waals surface area contributed by atoms with Gasteiger partial charge in [-0.15, -0.1) is 0 Å². The van der Waals surface area contributed by atoms with E-state index in [1.54, 1.807) is 18.2 Å². The van der Waals surface area contributed by atoms with E-state index in [0.717, 1.165) is 5.56 Å². The molecule has 3 heteroatoms. The van der Waals surface area contributed by atoms with E-state index >= 15 is 0 Å². The molecule has 0 unspecified atom stereocenters. The Morgan fingerprint density at radius 3 is 2.42 bits per heavy atom. The molecule has 0 saturated heterocycles. The number of hydrogen-bond donors (Lipinski definition) is 3. The van der Waals surface area contributed by atoms with Crippen molar-refractivity contribution in [3.8, 4) is 5.75 Å². The Morgan fingerprint density at radius 1 is 1.25 bits per heavy atom. The van der Waals surface area contributed by atoms with E-state index in [-0.39, 0.29) is 11.7 Å². The Morgan fingerprint density at radius 2 is 1.92 bits per heavy atom. The summed E-state index contributed by atoms with van der Waals surface area (Å²) in [5, 5.41) is 9.17. The van der Waals surface area contributed by atoms with Crippen molar-refractivity contribution in [2.45, 2.75) is 5.92 Å². The second-order valence-electron chi connectivity index (χ2n) is 2.76. The minimum atomic E-state index is 0.150. The summed E-state index contributed by atoms with van der Waals surface area (Å²) in [6.07, 6.45) is 0. The van der Waals surface area contributed by atoms with Crippen molar-refractivity contribution in [2.24, 2.45) is 11.5 Å². The molecule has 0 fully saturated rings. The van der Waals surface area contributed by atoms with Gasteiger partial charge >= 0.3 is 0 Å². The van der Waals surface area contributed by atoms with Crippen LogP contribution in [-0.4, -0.2) is 18.2 Å². The average Bonchev–Trinajstić information content (AvgIpc) is 2.07. The van der Waals surface area contributed by atoms with Crippen LogP contribution in [0.25, 0.3) is 0 Å². The summed E-state index contributed by atoms with van der Waals surface area (Å²) in [5.41, 5.74) is 12.0. The quantitative estimate of drug-likeness (QED) is 0.608. The molecule has 5 N–H and O–H groups in total. The monoisotopic (exact) mass is 166 g/mol. The predicted octanol–water partition coefficient (Wildman–Crippen LogP) is 0.393. The average molecular weight is 166 g/mol. The first kappa shape index (κ1) is 9.03. The normalized spacial score (nSPS) is 10.6. The van der Waals surface area contributed by atoms with Crippen molar-refractivity contribution in [3.05, 3.63) is 29.8 Å². The highest BCUT2D eigenvalue weighted by Crippen LogP contribution is 2.18. The van der Waals surface area contributed by atoms with Crippen molar-refractivity contribution in [1.82, 2.24) is 0 Å². The molecule has 0 aliphatic rings. The number of hydrogen-bond acceptors (Lipinski definition) is 3. The molecular formula is C9H14N2O. The van der Waals surface area contributed by atoms with Crippen LogP contribution in [0.4, 0.5) is 0 Å². The molecule has 12 heavy (non-hydrogen) atoms. The zero-order chi connectivity index (χ0) is 8.97. The lowest BCUT2D eigenvalue weighted by atomic mass is 9.99. The molecule has 1 aromatic carbocycles. The Hall–Kier alpha value is -1.06. The van der Waals surface area contributed by atoms with E-state index in [9.17, 15) is 5.11 Å². The third kappa shape index (κ3) is 1.96. The van der Waals surface area contributed by atoms with E-state index in [2.05, 4.69) is 0 Å². The van der Waals surface area contributed by atoms with Gasteiger partial charge in [0.15, 0.2) is 0 Å². The molecule has 0 aromatic heterocycles. The van der Waals surface area contributed by atoms with Gasteiger partial charge < -0.3 is 16.6 Å². The first-order valence-corrected chi connectivity index (χ1v) is 3.97. The van der Waals surface area contributed by atoms with Gasteiger partial charge in [-0.25, -0.2) is 0 Å². The molecule has 0 heterocycles. The van der Waals surface area contributed by atoms with E-state index in [1.807, 2.05) is 6.07 Å². The molecule has 66 valence electrons. The summed E-state index contributed by atoms with van der Waals surface area (Å²) in [6, 6.07) is 7.05. The SMILES string of the molecule is NCC(CN)c1cccc(O)c1.